The Hall–Kier alpha value is -1.54. The summed E-state index contributed by atoms with van der Waals surface area (Å²) in [5.41, 5.74) is 2.85. The molecule has 0 radical (unpaired) electrons. The molecule has 100 valence electrons. The maximum atomic E-state index is 13.6. The molecule has 2 rings (SSSR count). The summed E-state index contributed by atoms with van der Waals surface area (Å²) in [7, 11) is 0. The fourth-order valence-electron chi connectivity index (χ4n) is 1.97. The standard InChI is InChI=1S/C16H17ClFN/c1-3-12-4-6-13(7-5-12)11(2)19-16-10-14(17)8-9-15(16)18/h4-11,19H,3H2,1-2H3. The molecule has 0 aliphatic carbocycles. The highest BCUT2D eigenvalue weighted by Crippen LogP contribution is 2.24. The van der Waals surface area contributed by atoms with Crippen LogP contribution in [0, 0.1) is 5.82 Å². The molecule has 3 heteroatoms. The fourth-order valence-corrected chi connectivity index (χ4v) is 2.14. The van der Waals surface area contributed by atoms with Crippen molar-refractivity contribution in [1.29, 1.82) is 0 Å². The number of anilines is 1. The molecule has 0 spiro atoms. The number of benzene rings is 2. The van der Waals surface area contributed by atoms with Gasteiger partial charge in [-0.3, -0.25) is 0 Å². The van der Waals surface area contributed by atoms with E-state index < -0.39 is 0 Å². The highest BCUT2D eigenvalue weighted by atomic mass is 35.5. The van der Waals surface area contributed by atoms with E-state index in [-0.39, 0.29) is 11.9 Å². The quantitative estimate of drug-likeness (QED) is 0.808. The highest BCUT2D eigenvalue weighted by Gasteiger charge is 2.09. The third-order valence-electron chi connectivity index (χ3n) is 3.19. The van der Waals surface area contributed by atoms with Crippen molar-refractivity contribution in [2.45, 2.75) is 26.3 Å². The summed E-state index contributed by atoms with van der Waals surface area (Å²) >= 11 is 5.88. The lowest BCUT2D eigenvalue weighted by Gasteiger charge is -2.17. The summed E-state index contributed by atoms with van der Waals surface area (Å²) in [5.74, 6) is -0.290. The number of hydrogen-bond acceptors (Lipinski definition) is 1. The Morgan fingerprint density at radius 1 is 1.16 bits per heavy atom. The summed E-state index contributed by atoms with van der Waals surface area (Å²) in [4.78, 5) is 0. The second kappa shape index (κ2) is 6.07. The van der Waals surface area contributed by atoms with Crippen molar-refractivity contribution >= 4 is 17.3 Å². The predicted molar refractivity (Wildman–Crippen MR) is 79.3 cm³/mol. The molecule has 0 amide bonds. The molecular formula is C16H17ClFN. The molecule has 0 aliphatic rings. The van der Waals surface area contributed by atoms with E-state index in [1.807, 2.05) is 6.92 Å². The molecular weight excluding hydrogens is 261 g/mol. The van der Waals surface area contributed by atoms with Gasteiger partial charge in [0.25, 0.3) is 0 Å². The van der Waals surface area contributed by atoms with E-state index >= 15 is 0 Å². The summed E-state index contributed by atoms with van der Waals surface area (Å²) in [5, 5.41) is 3.67. The van der Waals surface area contributed by atoms with Crippen molar-refractivity contribution in [2.24, 2.45) is 0 Å². The van der Waals surface area contributed by atoms with Crippen LogP contribution in [0.2, 0.25) is 5.02 Å². The molecule has 0 bridgehead atoms. The second-order valence-corrected chi connectivity index (χ2v) is 5.02. The van der Waals surface area contributed by atoms with Gasteiger partial charge >= 0.3 is 0 Å². The zero-order valence-corrected chi connectivity index (χ0v) is 11.8. The van der Waals surface area contributed by atoms with Gasteiger partial charge in [0, 0.05) is 11.1 Å². The number of aryl methyl sites for hydroxylation is 1. The molecule has 2 aromatic carbocycles. The van der Waals surface area contributed by atoms with Crippen LogP contribution in [-0.4, -0.2) is 0 Å². The van der Waals surface area contributed by atoms with Gasteiger partial charge in [0.1, 0.15) is 5.82 Å². The van der Waals surface area contributed by atoms with E-state index in [0.717, 1.165) is 12.0 Å². The maximum absolute atomic E-state index is 13.6. The van der Waals surface area contributed by atoms with E-state index in [1.165, 1.54) is 11.6 Å². The van der Waals surface area contributed by atoms with Gasteiger partial charge in [-0.15, -0.1) is 0 Å². The van der Waals surface area contributed by atoms with Crippen LogP contribution in [-0.2, 0) is 6.42 Å². The van der Waals surface area contributed by atoms with E-state index in [1.54, 1.807) is 12.1 Å². The monoisotopic (exact) mass is 277 g/mol. The first-order valence-corrected chi connectivity index (χ1v) is 6.78. The summed E-state index contributed by atoms with van der Waals surface area (Å²) < 4.78 is 13.6. The molecule has 0 aliphatic heterocycles. The Kier molecular flexibility index (Phi) is 4.43. The first-order chi connectivity index (χ1) is 9.10. The zero-order chi connectivity index (χ0) is 13.8. The largest absolute Gasteiger partial charge is 0.376 e. The minimum atomic E-state index is -0.290. The van der Waals surface area contributed by atoms with Gasteiger partial charge in [0.15, 0.2) is 0 Å². The highest BCUT2D eigenvalue weighted by molar-refractivity contribution is 6.30. The van der Waals surface area contributed by atoms with Crippen molar-refractivity contribution < 1.29 is 4.39 Å². The van der Waals surface area contributed by atoms with Crippen LogP contribution in [0.15, 0.2) is 42.5 Å². The Balaban J connectivity index is 2.15. The molecule has 1 N–H and O–H groups in total. The minimum Gasteiger partial charge on any atom is -0.376 e. The average Bonchev–Trinajstić information content (AvgIpc) is 2.43. The van der Waals surface area contributed by atoms with E-state index in [0.29, 0.717) is 10.7 Å². The first kappa shape index (κ1) is 13.9. The van der Waals surface area contributed by atoms with Crippen molar-refractivity contribution in [2.75, 3.05) is 5.32 Å². The van der Waals surface area contributed by atoms with Crippen LogP contribution in [0.25, 0.3) is 0 Å². The first-order valence-electron chi connectivity index (χ1n) is 6.40. The molecule has 0 saturated heterocycles. The Morgan fingerprint density at radius 2 is 1.84 bits per heavy atom. The van der Waals surface area contributed by atoms with Crippen LogP contribution >= 0.6 is 11.6 Å². The van der Waals surface area contributed by atoms with E-state index in [9.17, 15) is 4.39 Å². The maximum Gasteiger partial charge on any atom is 0.146 e. The van der Waals surface area contributed by atoms with Crippen LogP contribution in [0.3, 0.4) is 0 Å². The van der Waals surface area contributed by atoms with Gasteiger partial charge in [-0.25, -0.2) is 4.39 Å². The van der Waals surface area contributed by atoms with E-state index in [2.05, 4.69) is 36.5 Å². The summed E-state index contributed by atoms with van der Waals surface area (Å²) in [6.07, 6.45) is 1.02. The molecule has 0 fully saturated rings. The third-order valence-corrected chi connectivity index (χ3v) is 3.42. The van der Waals surface area contributed by atoms with Gasteiger partial charge in [0.05, 0.1) is 5.69 Å². The topological polar surface area (TPSA) is 12.0 Å². The summed E-state index contributed by atoms with van der Waals surface area (Å²) in [6.45, 7) is 4.12. The van der Waals surface area contributed by atoms with Gasteiger partial charge in [-0.2, -0.15) is 0 Å². The summed E-state index contributed by atoms with van der Waals surface area (Å²) in [6, 6.07) is 12.9. The molecule has 0 heterocycles. The zero-order valence-electron chi connectivity index (χ0n) is 11.1. The van der Waals surface area contributed by atoms with Gasteiger partial charge < -0.3 is 5.32 Å². The number of halogens is 2. The van der Waals surface area contributed by atoms with Crippen molar-refractivity contribution in [3.63, 3.8) is 0 Å². The Bertz CT molecular complexity index is 551. The van der Waals surface area contributed by atoms with Gasteiger partial charge in [-0.1, -0.05) is 42.8 Å². The van der Waals surface area contributed by atoms with Crippen molar-refractivity contribution in [3.05, 3.63) is 64.4 Å². The molecule has 0 aromatic heterocycles. The molecule has 19 heavy (non-hydrogen) atoms. The van der Waals surface area contributed by atoms with Crippen molar-refractivity contribution in [3.8, 4) is 0 Å². The molecule has 0 saturated carbocycles. The SMILES string of the molecule is CCc1ccc(C(C)Nc2cc(Cl)ccc2F)cc1. The number of nitrogens with one attached hydrogen (secondary N) is 1. The van der Waals surface area contributed by atoms with E-state index in [4.69, 9.17) is 11.6 Å². The molecule has 1 unspecified atom stereocenters. The predicted octanol–water partition coefficient (Wildman–Crippen LogP) is 5.21. The van der Waals surface area contributed by atoms with Gasteiger partial charge in [-0.05, 0) is 42.7 Å². The smallest absolute Gasteiger partial charge is 0.146 e. The lowest BCUT2D eigenvalue weighted by molar-refractivity contribution is 0.627. The molecule has 2 aromatic rings. The van der Waals surface area contributed by atoms with Crippen LogP contribution < -0.4 is 5.32 Å². The Morgan fingerprint density at radius 3 is 2.47 bits per heavy atom. The van der Waals surface area contributed by atoms with Crippen molar-refractivity contribution in [1.82, 2.24) is 0 Å². The molecule has 1 atom stereocenters. The van der Waals surface area contributed by atoms with Crippen LogP contribution in [0.5, 0.6) is 0 Å². The second-order valence-electron chi connectivity index (χ2n) is 4.59. The number of hydrogen-bond donors (Lipinski definition) is 1. The lowest BCUT2D eigenvalue weighted by Crippen LogP contribution is -2.08. The normalized spacial score (nSPS) is 12.2. The third kappa shape index (κ3) is 3.48. The number of rotatable bonds is 4. The van der Waals surface area contributed by atoms with Gasteiger partial charge in [0.2, 0.25) is 0 Å². The fraction of sp³-hybridized carbons (Fsp3) is 0.250. The van der Waals surface area contributed by atoms with Crippen LogP contribution in [0.1, 0.15) is 31.0 Å². The minimum absolute atomic E-state index is 0.0267. The van der Waals surface area contributed by atoms with Crippen LogP contribution in [0.4, 0.5) is 10.1 Å². The molecule has 1 nitrogen and oxygen atoms in total. The Labute approximate surface area is 118 Å². The average molecular weight is 278 g/mol. The lowest BCUT2D eigenvalue weighted by atomic mass is 10.0.